The normalized spacial score (nSPS) is 12.1. The van der Waals surface area contributed by atoms with E-state index in [2.05, 4.69) is 4.98 Å². The number of nitrogens with zero attached hydrogens (tertiary/aromatic N) is 1. The van der Waals surface area contributed by atoms with Crippen molar-refractivity contribution in [2.24, 2.45) is 0 Å². The van der Waals surface area contributed by atoms with Crippen LogP contribution in [0.3, 0.4) is 0 Å². The van der Waals surface area contributed by atoms with Crippen molar-refractivity contribution in [3.63, 3.8) is 0 Å². The lowest BCUT2D eigenvalue weighted by Crippen LogP contribution is -2.09. The minimum atomic E-state index is -4.58. The van der Waals surface area contributed by atoms with Crippen LogP contribution in [0.5, 0.6) is 0 Å². The number of alkyl halides is 3. The Hall–Kier alpha value is -1.20. The number of fused-ring (bicyclic) bond motifs is 1. The van der Waals surface area contributed by atoms with E-state index in [9.17, 15) is 13.2 Å². The molecule has 0 unspecified atom stereocenters. The fraction of sp³-hybridized carbons (Fsp3) is 0.182. The van der Waals surface area contributed by atoms with E-state index < -0.39 is 11.9 Å². The van der Waals surface area contributed by atoms with Gasteiger partial charge in [-0.2, -0.15) is 13.2 Å². The van der Waals surface area contributed by atoms with E-state index in [0.29, 0.717) is 5.56 Å². The van der Waals surface area contributed by atoms with E-state index in [1.807, 2.05) is 0 Å². The summed E-state index contributed by atoms with van der Waals surface area (Å²) in [5.74, 6) is 0. The number of benzene rings is 1. The highest BCUT2D eigenvalue weighted by Crippen LogP contribution is 2.38. The molecule has 1 aromatic carbocycles. The van der Waals surface area contributed by atoms with Crippen LogP contribution in [-0.4, -0.2) is 4.98 Å². The number of hydrogen-bond acceptors (Lipinski definition) is 2. The zero-order valence-electron chi connectivity index (χ0n) is 9.07. The summed E-state index contributed by atoms with van der Waals surface area (Å²) in [7, 11) is 0. The Morgan fingerprint density at radius 2 is 1.83 bits per heavy atom. The topological polar surface area (TPSA) is 38.9 Å². The first kappa shape index (κ1) is 13.2. The smallest absolute Gasteiger partial charge is 0.398 e. The van der Waals surface area contributed by atoms with E-state index >= 15 is 0 Å². The monoisotopic (exact) mass is 294 g/mol. The molecule has 1 aromatic heterocycles. The van der Waals surface area contributed by atoms with Crippen LogP contribution in [0.25, 0.3) is 10.9 Å². The lowest BCUT2D eigenvalue weighted by atomic mass is 10.1. The van der Waals surface area contributed by atoms with Crippen molar-refractivity contribution in [1.82, 2.24) is 4.98 Å². The maximum atomic E-state index is 12.6. The average molecular weight is 295 g/mol. The van der Waals surface area contributed by atoms with E-state index in [1.54, 1.807) is 6.92 Å². The molecule has 0 radical (unpaired) electrons. The highest BCUT2D eigenvalue weighted by atomic mass is 35.5. The van der Waals surface area contributed by atoms with Gasteiger partial charge in [0.2, 0.25) is 0 Å². The van der Waals surface area contributed by atoms with Gasteiger partial charge >= 0.3 is 6.18 Å². The molecular weight excluding hydrogens is 288 g/mol. The van der Waals surface area contributed by atoms with Crippen LogP contribution in [0.1, 0.15) is 11.3 Å². The summed E-state index contributed by atoms with van der Waals surface area (Å²) in [5.41, 5.74) is 5.01. The lowest BCUT2D eigenvalue weighted by Gasteiger charge is -2.12. The maximum Gasteiger partial charge on any atom is 0.433 e. The summed E-state index contributed by atoms with van der Waals surface area (Å²) in [6.45, 7) is 1.69. The van der Waals surface area contributed by atoms with Crippen molar-refractivity contribution in [2.45, 2.75) is 13.1 Å². The summed E-state index contributed by atoms with van der Waals surface area (Å²) in [6, 6.07) is 2.21. The Morgan fingerprint density at radius 1 is 1.22 bits per heavy atom. The van der Waals surface area contributed by atoms with E-state index in [-0.39, 0.29) is 26.6 Å². The molecule has 0 saturated carbocycles. The van der Waals surface area contributed by atoms with E-state index in [1.165, 1.54) is 6.07 Å². The van der Waals surface area contributed by atoms with Crippen LogP contribution in [0, 0.1) is 6.92 Å². The minimum Gasteiger partial charge on any atom is -0.398 e. The van der Waals surface area contributed by atoms with Gasteiger partial charge in [0.25, 0.3) is 0 Å². The third-order valence-electron chi connectivity index (χ3n) is 2.48. The lowest BCUT2D eigenvalue weighted by molar-refractivity contribution is -0.140. The second-order valence-electron chi connectivity index (χ2n) is 3.81. The molecule has 0 fully saturated rings. The van der Waals surface area contributed by atoms with Crippen molar-refractivity contribution in [1.29, 1.82) is 0 Å². The average Bonchev–Trinajstić information content (AvgIpc) is 2.24. The van der Waals surface area contributed by atoms with Gasteiger partial charge < -0.3 is 5.73 Å². The van der Waals surface area contributed by atoms with Crippen molar-refractivity contribution < 1.29 is 13.2 Å². The van der Waals surface area contributed by atoms with Crippen LogP contribution in [0.2, 0.25) is 10.0 Å². The van der Waals surface area contributed by atoms with Gasteiger partial charge in [-0.15, -0.1) is 0 Å². The van der Waals surface area contributed by atoms with Crippen molar-refractivity contribution in [3.8, 4) is 0 Å². The first-order valence-electron chi connectivity index (χ1n) is 4.84. The molecule has 0 aliphatic heterocycles. The molecule has 0 amide bonds. The largest absolute Gasteiger partial charge is 0.433 e. The number of anilines is 1. The first-order valence-corrected chi connectivity index (χ1v) is 5.59. The number of aryl methyl sites for hydroxylation is 1. The van der Waals surface area contributed by atoms with Crippen molar-refractivity contribution >= 4 is 39.8 Å². The number of aromatic nitrogens is 1. The molecule has 0 spiro atoms. The van der Waals surface area contributed by atoms with Gasteiger partial charge in [-0.25, -0.2) is 4.98 Å². The van der Waals surface area contributed by atoms with Gasteiger partial charge in [-0.3, -0.25) is 0 Å². The summed E-state index contributed by atoms with van der Waals surface area (Å²) < 4.78 is 37.8. The second-order valence-corrected chi connectivity index (χ2v) is 4.59. The van der Waals surface area contributed by atoms with Gasteiger partial charge in [0, 0.05) is 11.1 Å². The standard InChI is InChI=1S/C11H7Cl2F3N2/c1-4-2-5(12)10-8(9(4)13)6(17)3-7(18-10)11(14,15)16/h2-3H,1H3,(H2,17,18). The van der Waals surface area contributed by atoms with E-state index in [4.69, 9.17) is 28.9 Å². The van der Waals surface area contributed by atoms with E-state index in [0.717, 1.165) is 6.07 Å². The molecule has 2 aromatic rings. The Morgan fingerprint density at radius 3 is 2.39 bits per heavy atom. The molecule has 2 N–H and O–H groups in total. The number of nitrogen functional groups attached to an aromatic ring is 1. The van der Waals surface area contributed by atoms with Crippen LogP contribution in [0.4, 0.5) is 18.9 Å². The highest BCUT2D eigenvalue weighted by molar-refractivity contribution is 6.41. The Labute approximate surface area is 111 Å². The molecule has 0 bridgehead atoms. The molecule has 2 nitrogen and oxygen atoms in total. The molecule has 96 valence electrons. The summed E-state index contributed by atoms with van der Waals surface area (Å²) in [4.78, 5) is 3.49. The molecule has 0 aliphatic carbocycles. The van der Waals surface area contributed by atoms with Crippen LogP contribution in [-0.2, 0) is 6.18 Å². The Balaban J connectivity index is 2.91. The van der Waals surface area contributed by atoms with Crippen LogP contribution < -0.4 is 5.73 Å². The Kier molecular flexibility index (Phi) is 3.07. The predicted octanol–water partition coefficient (Wildman–Crippen LogP) is 4.45. The minimum absolute atomic E-state index is 0.0420. The fourth-order valence-corrected chi connectivity index (χ4v) is 2.19. The fourth-order valence-electron chi connectivity index (χ4n) is 1.63. The van der Waals surface area contributed by atoms with Gasteiger partial charge in [0.1, 0.15) is 5.69 Å². The quantitative estimate of drug-likeness (QED) is 0.779. The zero-order valence-corrected chi connectivity index (χ0v) is 10.6. The zero-order chi connectivity index (χ0) is 13.7. The molecule has 0 saturated heterocycles. The molecule has 7 heteroatoms. The first-order chi connectivity index (χ1) is 8.21. The number of hydrogen-bond donors (Lipinski definition) is 1. The maximum absolute atomic E-state index is 12.6. The van der Waals surface area contributed by atoms with Gasteiger partial charge in [0.15, 0.2) is 0 Å². The predicted molar refractivity (Wildman–Crippen MR) is 65.9 cm³/mol. The third-order valence-corrected chi connectivity index (χ3v) is 3.25. The molecular formula is C11H7Cl2F3N2. The van der Waals surface area contributed by atoms with Gasteiger partial charge in [0.05, 0.1) is 15.6 Å². The SMILES string of the molecule is Cc1cc(Cl)c2nc(C(F)(F)F)cc(N)c2c1Cl. The summed E-state index contributed by atoms with van der Waals surface area (Å²) in [6.07, 6.45) is -4.58. The Bertz CT molecular complexity index is 638. The van der Waals surface area contributed by atoms with Gasteiger partial charge in [-0.1, -0.05) is 23.2 Å². The molecule has 0 atom stereocenters. The van der Waals surface area contributed by atoms with Crippen molar-refractivity contribution in [3.05, 3.63) is 33.4 Å². The number of rotatable bonds is 0. The number of halogens is 5. The van der Waals surface area contributed by atoms with Crippen molar-refractivity contribution in [2.75, 3.05) is 5.73 Å². The molecule has 18 heavy (non-hydrogen) atoms. The summed E-state index contributed by atoms with van der Waals surface area (Å²) >= 11 is 11.9. The summed E-state index contributed by atoms with van der Waals surface area (Å²) in [5, 5.41) is 0.590. The molecule has 2 rings (SSSR count). The molecule has 1 heterocycles. The third kappa shape index (κ3) is 2.08. The molecule has 0 aliphatic rings. The number of pyridine rings is 1. The second kappa shape index (κ2) is 4.17. The van der Waals surface area contributed by atoms with Gasteiger partial charge in [-0.05, 0) is 24.6 Å². The number of nitrogens with two attached hydrogens (primary N) is 1. The van der Waals surface area contributed by atoms with Crippen LogP contribution >= 0.6 is 23.2 Å². The van der Waals surface area contributed by atoms with Crippen LogP contribution in [0.15, 0.2) is 12.1 Å². The highest BCUT2D eigenvalue weighted by Gasteiger charge is 2.33.